The average Bonchev–Trinajstić information content (AvgIpc) is 2.99. The SMILES string of the molecule is O=C(O)c1ccc(OCC2CC3CCC2C3)c(Br)c1. The topological polar surface area (TPSA) is 46.5 Å². The van der Waals surface area contributed by atoms with E-state index in [9.17, 15) is 4.79 Å². The van der Waals surface area contributed by atoms with E-state index in [1.165, 1.54) is 25.7 Å². The van der Waals surface area contributed by atoms with Gasteiger partial charge in [-0.3, -0.25) is 0 Å². The van der Waals surface area contributed by atoms with Crippen LogP contribution in [0.25, 0.3) is 0 Å². The number of carboxylic acid groups (broad SMARTS) is 1. The van der Waals surface area contributed by atoms with Gasteiger partial charge in [-0.05, 0) is 71.1 Å². The molecule has 2 aliphatic carbocycles. The van der Waals surface area contributed by atoms with Gasteiger partial charge >= 0.3 is 5.97 Å². The fourth-order valence-corrected chi connectivity index (χ4v) is 4.02. The summed E-state index contributed by atoms with van der Waals surface area (Å²) in [5.41, 5.74) is 0.277. The summed E-state index contributed by atoms with van der Waals surface area (Å²) in [4.78, 5) is 10.9. The molecule has 102 valence electrons. The minimum absolute atomic E-state index is 0.277. The predicted octanol–water partition coefficient (Wildman–Crippen LogP) is 3.96. The number of carboxylic acids is 1. The first-order valence-electron chi connectivity index (χ1n) is 6.79. The van der Waals surface area contributed by atoms with Crippen LogP contribution >= 0.6 is 15.9 Å². The second-order valence-corrected chi connectivity index (χ2v) is 6.55. The van der Waals surface area contributed by atoms with Crippen LogP contribution in [0.5, 0.6) is 5.75 Å². The van der Waals surface area contributed by atoms with Gasteiger partial charge in [0.2, 0.25) is 0 Å². The lowest BCUT2D eigenvalue weighted by Gasteiger charge is -2.22. The third kappa shape index (κ3) is 2.64. The van der Waals surface area contributed by atoms with Crippen LogP contribution < -0.4 is 4.74 Å². The number of ether oxygens (including phenoxy) is 1. The smallest absolute Gasteiger partial charge is 0.335 e. The molecule has 0 aliphatic heterocycles. The van der Waals surface area contributed by atoms with Gasteiger partial charge in [-0.15, -0.1) is 0 Å². The fraction of sp³-hybridized carbons (Fsp3) is 0.533. The Morgan fingerprint density at radius 1 is 1.37 bits per heavy atom. The molecule has 1 aromatic rings. The summed E-state index contributed by atoms with van der Waals surface area (Å²) >= 11 is 3.38. The van der Waals surface area contributed by atoms with Crippen molar-refractivity contribution >= 4 is 21.9 Å². The number of hydrogen-bond acceptors (Lipinski definition) is 2. The van der Waals surface area contributed by atoms with Crippen molar-refractivity contribution in [3.8, 4) is 5.75 Å². The number of hydrogen-bond donors (Lipinski definition) is 1. The first kappa shape index (κ1) is 13.0. The third-order valence-corrected chi connectivity index (χ3v) is 5.14. The average molecular weight is 325 g/mol. The highest BCUT2D eigenvalue weighted by Gasteiger charge is 2.39. The van der Waals surface area contributed by atoms with E-state index in [1.54, 1.807) is 18.2 Å². The number of benzene rings is 1. The van der Waals surface area contributed by atoms with E-state index in [-0.39, 0.29) is 5.56 Å². The molecule has 2 bridgehead atoms. The second-order valence-electron chi connectivity index (χ2n) is 5.70. The fourth-order valence-electron chi connectivity index (χ4n) is 3.53. The zero-order chi connectivity index (χ0) is 13.4. The molecule has 0 aromatic heterocycles. The van der Waals surface area contributed by atoms with E-state index >= 15 is 0 Å². The van der Waals surface area contributed by atoms with Crippen molar-refractivity contribution in [2.75, 3.05) is 6.61 Å². The quantitative estimate of drug-likeness (QED) is 0.911. The van der Waals surface area contributed by atoms with E-state index in [0.29, 0.717) is 5.92 Å². The number of aromatic carboxylic acids is 1. The molecule has 1 N–H and O–H groups in total. The van der Waals surface area contributed by atoms with Gasteiger partial charge in [-0.1, -0.05) is 6.42 Å². The summed E-state index contributed by atoms with van der Waals surface area (Å²) in [5.74, 6) is 2.29. The summed E-state index contributed by atoms with van der Waals surface area (Å²) in [6.45, 7) is 0.756. The summed E-state index contributed by atoms with van der Waals surface area (Å²) in [7, 11) is 0. The Bertz CT molecular complexity index is 500. The second kappa shape index (κ2) is 5.16. The van der Waals surface area contributed by atoms with Crippen LogP contribution in [-0.4, -0.2) is 17.7 Å². The summed E-state index contributed by atoms with van der Waals surface area (Å²) in [6, 6.07) is 4.92. The highest BCUT2D eigenvalue weighted by Crippen LogP contribution is 2.48. The summed E-state index contributed by atoms with van der Waals surface area (Å²) in [6.07, 6.45) is 5.44. The molecule has 1 aromatic carbocycles. The first-order chi connectivity index (χ1) is 9.13. The molecule has 0 radical (unpaired) electrons. The van der Waals surface area contributed by atoms with E-state index in [2.05, 4.69) is 15.9 Å². The van der Waals surface area contributed by atoms with E-state index < -0.39 is 5.97 Å². The van der Waals surface area contributed by atoms with Crippen LogP contribution in [0.1, 0.15) is 36.0 Å². The van der Waals surface area contributed by atoms with E-state index in [0.717, 1.165) is 28.7 Å². The molecule has 4 heteroatoms. The molecular formula is C15H17BrO3. The Morgan fingerprint density at radius 3 is 2.79 bits per heavy atom. The lowest BCUT2D eigenvalue weighted by Crippen LogP contribution is -2.18. The van der Waals surface area contributed by atoms with Gasteiger partial charge in [0.05, 0.1) is 16.6 Å². The number of halogens is 1. The lowest BCUT2D eigenvalue weighted by atomic mass is 9.89. The zero-order valence-corrected chi connectivity index (χ0v) is 12.2. The van der Waals surface area contributed by atoms with Gasteiger partial charge in [0.1, 0.15) is 5.75 Å². The predicted molar refractivity (Wildman–Crippen MR) is 75.5 cm³/mol. The maximum Gasteiger partial charge on any atom is 0.335 e. The van der Waals surface area contributed by atoms with Gasteiger partial charge in [-0.2, -0.15) is 0 Å². The van der Waals surface area contributed by atoms with Crippen LogP contribution in [0.15, 0.2) is 22.7 Å². The van der Waals surface area contributed by atoms with Crippen LogP contribution in [0, 0.1) is 17.8 Å². The van der Waals surface area contributed by atoms with Gasteiger partial charge in [-0.25, -0.2) is 4.79 Å². The Labute approximate surface area is 121 Å². The molecule has 0 saturated heterocycles. The first-order valence-corrected chi connectivity index (χ1v) is 7.58. The standard InChI is InChI=1S/C15H17BrO3/c16-13-7-11(15(17)18)3-4-14(13)19-8-12-6-9-1-2-10(12)5-9/h3-4,7,9-10,12H,1-2,5-6,8H2,(H,17,18). The molecule has 19 heavy (non-hydrogen) atoms. The largest absolute Gasteiger partial charge is 0.492 e. The highest BCUT2D eigenvalue weighted by atomic mass is 79.9. The monoisotopic (exact) mass is 324 g/mol. The van der Waals surface area contributed by atoms with Crippen molar-refractivity contribution in [2.45, 2.75) is 25.7 Å². The number of carbonyl (C=O) groups is 1. The lowest BCUT2D eigenvalue weighted by molar-refractivity contribution is 0.0696. The molecule has 0 amide bonds. The van der Waals surface area contributed by atoms with Crippen molar-refractivity contribution in [1.29, 1.82) is 0 Å². The highest BCUT2D eigenvalue weighted by molar-refractivity contribution is 9.10. The van der Waals surface area contributed by atoms with Crippen molar-refractivity contribution in [2.24, 2.45) is 17.8 Å². The molecule has 2 aliphatic rings. The van der Waals surface area contributed by atoms with Gasteiger partial charge in [0, 0.05) is 0 Å². The van der Waals surface area contributed by atoms with Gasteiger partial charge < -0.3 is 9.84 Å². The van der Waals surface area contributed by atoms with Crippen LogP contribution in [0.2, 0.25) is 0 Å². The van der Waals surface area contributed by atoms with Crippen LogP contribution in [0.3, 0.4) is 0 Å². The van der Waals surface area contributed by atoms with E-state index in [1.807, 2.05) is 0 Å². The Hall–Kier alpha value is -1.03. The molecule has 0 spiro atoms. The minimum atomic E-state index is -0.916. The van der Waals surface area contributed by atoms with Crippen LogP contribution in [-0.2, 0) is 0 Å². The normalized spacial score (nSPS) is 28.6. The zero-order valence-electron chi connectivity index (χ0n) is 10.6. The molecule has 2 saturated carbocycles. The molecule has 2 fully saturated rings. The van der Waals surface area contributed by atoms with Gasteiger partial charge in [0.15, 0.2) is 0 Å². The van der Waals surface area contributed by atoms with Crippen LogP contribution in [0.4, 0.5) is 0 Å². The van der Waals surface area contributed by atoms with Crippen molar-refractivity contribution in [1.82, 2.24) is 0 Å². The molecule has 3 unspecified atom stereocenters. The summed E-state index contributed by atoms with van der Waals surface area (Å²) in [5, 5.41) is 8.91. The Balaban J connectivity index is 1.62. The number of fused-ring (bicyclic) bond motifs is 2. The maximum absolute atomic E-state index is 10.9. The molecule has 3 rings (SSSR count). The molecular weight excluding hydrogens is 308 g/mol. The van der Waals surface area contributed by atoms with E-state index in [4.69, 9.17) is 9.84 Å². The van der Waals surface area contributed by atoms with Crippen molar-refractivity contribution in [3.63, 3.8) is 0 Å². The Kier molecular flexibility index (Phi) is 3.52. The third-order valence-electron chi connectivity index (χ3n) is 4.52. The van der Waals surface area contributed by atoms with Gasteiger partial charge in [0.25, 0.3) is 0 Å². The Morgan fingerprint density at radius 2 is 2.21 bits per heavy atom. The molecule has 3 atom stereocenters. The minimum Gasteiger partial charge on any atom is -0.492 e. The maximum atomic E-state index is 10.9. The summed E-state index contributed by atoms with van der Waals surface area (Å²) < 4.78 is 6.59. The number of rotatable bonds is 4. The van der Waals surface area contributed by atoms with Crippen molar-refractivity contribution < 1.29 is 14.6 Å². The molecule has 3 nitrogen and oxygen atoms in total. The molecule has 0 heterocycles. The van der Waals surface area contributed by atoms with Crippen molar-refractivity contribution in [3.05, 3.63) is 28.2 Å².